The lowest BCUT2D eigenvalue weighted by atomic mass is 9.85. The molecule has 0 aromatic heterocycles. The zero-order chi connectivity index (χ0) is 17.8. The van der Waals surface area contributed by atoms with Gasteiger partial charge in [-0.2, -0.15) is 0 Å². The first-order chi connectivity index (χ1) is 12.1. The van der Waals surface area contributed by atoms with Crippen LogP contribution in [0.5, 0.6) is 0 Å². The van der Waals surface area contributed by atoms with Gasteiger partial charge in [0, 0.05) is 5.69 Å². The topological polar surface area (TPSA) is 66.5 Å². The van der Waals surface area contributed by atoms with Gasteiger partial charge in [-0.15, -0.1) is 0 Å². The van der Waals surface area contributed by atoms with Crippen molar-refractivity contribution in [2.45, 2.75) is 39.0 Å². The summed E-state index contributed by atoms with van der Waals surface area (Å²) in [4.78, 5) is 38.1. The first kappa shape index (κ1) is 17.4. The summed E-state index contributed by atoms with van der Waals surface area (Å²) < 4.78 is 0. The van der Waals surface area contributed by atoms with Crippen molar-refractivity contribution < 1.29 is 14.4 Å². The fraction of sp³-hybridized carbons (Fsp3) is 0.450. The SMILES string of the molecule is CCCCc1ccc(NC(=O)CN2C(=O)[C@H]3CC=CC[C@H]3C2=O)cc1. The van der Waals surface area contributed by atoms with Gasteiger partial charge in [-0.1, -0.05) is 37.6 Å². The van der Waals surface area contributed by atoms with E-state index in [0.717, 1.165) is 24.2 Å². The Hall–Kier alpha value is -2.43. The van der Waals surface area contributed by atoms with Gasteiger partial charge in [0.15, 0.2) is 0 Å². The number of carbonyl (C=O) groups excluding carboxylic acids is 3. The lowest BCUT2D eigenvalue weighted by Gasteiger charge is -2.14. The number of imide groups is 1. The van der Waals surface area contributed by atoms with Crippen LogP contribution in [0, 0.1) is 11.8 Å². The van der Waals surface area contributed by atoms with E-state index in [4.69, 9.17) is 0 Å². The molecular weight excluding hydrogens is 316 g/mol. The highest BCUT2D eigenvalue weighted by Crippen LogP contribution is 2.34. The van der Waals surface area contributed by atoms with E-state index in [1.54, 1.807) is 0 Å². The van der Waals surface area contributed by atoms with Gasteiger partial charge in [0.1, 0.15) is 6.54 Å². The van der Waals surface area contributed by atoms with E-state index >= 15 is 0 Å². The molecule has 132 valence electrons. The Kier molecular flexibility index (Phi) is 5.31. The molecule has 1 fully saturated rings. The van der Waals surface area contributed by atoms with E-state index in [1.807, 2.05) is 36.4 Å². The number of carbonyl (C=O) groups is 3. The van der Waals surface area contributed by atoms with Crippen LogP contribution in [-0.2, 0) is 20.8 Å². The maximum atomic E-state index is 12.4. The first-order valence-electron chi connectivity index (χ1n) is 8.99. The van der Waals surface area contributed by atoms with E-state index in [2.05, 4.69) is 12.2 Å². The second-order valence-corrected chi connectivity index (χ2v) is 6.77. The number of hydrogen-bond donors (Lipinski definition) is 1. The summed E-state index contributed by atoms with van der Waals surface area (Å²) in [6.45, 7) is 1.95. The quantitative estimate of drug-likeness (QED) is 0.639. The van der Waals surface area contributed by atoms with Crippen molar-refractivity contribution in [1.29, 1.82) is 0 Å². The highest BCUT2D eigenvalue weighted by molar-refractivity contribution is 6.08. The fourth-order valence-electron chi connectivity index (χ4n) is 3.50. The number of allylic oxidation sites excluding steroid dienone is 2. The number of unbranched alkanes of at least 4 members (excludes halogenated alkanes) is 1. The normalized spacial score (nSPS) is 22.2. The number of fused-ring (bicyclic) bond motifs is 1. The fourth-order valence-corrected chi connectivity index (χ4v) is 3.50. The van der Waals surface area contributed by atoms with Crippen LogP contribution in [0.2, 0.25) is 0 Å². The van der Waals surface area contributed by atoms with Gasteiger partial charge in [0.05, 0.1) is 11.8 Å². The monoisotopic (exact) mass is 340 g/mol. The van der Waals surface area contributed by atoms with Crippen molar-refractivity contribution >= 4 is 23.4 Å². The highest BCUT2D eigenvalue weighted by Gasteiger charge is 2.47. The van der Waals surface area contributed by atoms with Gasteiger partial charge in [-0.05, 0) is 43.4 Å². The number of likely N-dealkylation sites (tertiary alicyclic amines) is 1. The van der Waals surface area contributed by atoms with Crippen LogP contribution in [-0.4, -0.2) is 29.2 Å². The third kappa shape index (κ3) is 3.81. The minimum atomic E-state index is -0.338. The van der Waals surface area contributed by atoms with Crippen molar-refractivity contribution in [1.82, 2.24) is 4.90 Å². The summed E-state index contributed by atoms with van der Waals surface area (Å²) in [7, 11) is 0. The largest absolute Gasteiger partial charge is 0.325 e. The molecule has 1 N–H and O–H groups in total. The molecule has 3 rings (SSSR count). The minimum absolute atomic E-state index is 0.206. The molecule has 5 nitrogen and oxygen atoms in total. The summed E-state index contributed by atoms with van der Waals surface area (Å²) in [5.41, 5.74) is 1.92. The van der Waals surface area contributed by atoms with Gasteiger partial charge in [-0.25, -0.2) is 0 Å². The summed E-state index contributed by atoms with van der Waals surface area (Å²) >= 11 is 0. The number of benzene rings is 1. The number of nitrogens with one attached hydrogen (secondary N) is 1. The lowest BCUT2D eigenvalue weighted by Crippen LogP contribution is -2.38. The van der Waals surface area contributed by atoms with Crippen LogP contribution in [0.1, 0.15) is 38.2 Å². The molecule has 0 bridgehead atoms. The standard InChI is InChI=1S/C20H24N2O3/c1-2-3-6-14-9-11-15(12-10-14)21-18(23)13-22-19(24)16-7-4-5-8-17(16)20(22)25/h4-5,9-12,16-17H,2-3,6-8,13H2,1H3,(H,21,23)/t16-,17+. The number of anilines is 1. The van der Waals surface area contributed by atoms with Crippen molar-refractivity contribution in [3.63, 3.8) is 0 Å². The molecule has 25 heavy (non-hydrogen) atoms. The number of amides is 3. The van der Waals surface area contributed by atoms with E-state index in [1.165, 1.54) is 5.56 Å². The molecule has 1 saturated heterocycles. The summed E-state index contributed by atoms with van der Waals surface area (Å²) in [5, 5.41) is 2.77. The van der Waals surface area contributed by atoms with E-state index < -0.39 is 0 Å². The van der Waals surface area contributed by atoms with Crippen LogP contribution in [0.4, 0.5) is 5.69 Å². The van der Waals surface area contributed by atoms with Crippen LogP contribution in [0.15, 0.2) is 36.4 Å². The molecule has 1 aliphatic carbocycles. The van der Waals surface area contributed by atoms with E-state index in [9.17, 15) is 14.4 Å². The van der Waals surface area contributed by atoms with Crippen molar-refractivity contribution in [3.8, 4) is 0 Å². The maximum absolute atomic E-state index is 12.4. The van der Waals surface area contributed by atoms with Crippen LogP contribution in [0.3, 0.4) is 0 Å². The van der Waals surface area contributed by atoms with Crippen LogP contribution < -0.4 is 5.32 Å². The lowest BCUT2D eigenvalue weighted by molar-refractivity contribution is -0.142. The average Bonchev–Trinajstić information content (AvgIpc) is 2.86. The predicted molar refractivity (Wildman–Crippen MR) is 95.8 cm³/mol. The second kappa shape index (κ2) is 7.64. The van der Waals surface area contributed by atoms with Gasteiger partial charge in [0.25, 0.3) is 0 Å². The third-order valence-corrected chi connectivity index (χ3v) is 4.96. The average molecular weight is 340 g/mol. The molecular formula is C20H24N2O3. The molecule has 2 aliphatic rings. The molecule has 2 atom stereocenters. The van der Waals surface area contributed by atoms with Gasteiger partial charge in [-0.3, -0.25) is 19.3 Å². The Morgan fingerprint density at radius 1 is 1.08 bits per heavy atom. The van der Waals surface area contributed by atoms with Crippen molar-refractivity contribution in [3.05, 3.63) is 42.0 Å². The third-order valence-electron chi connectivity index (χ3n) is 4.96. The molecule has 1 aromatic carbocycles. The molecule has 0 radical (unpaired) electrons. The number of hydrogen-bond acceptors (Lipinski definition) is 3. The molecule has 0 spiro atoms. The van der Waals surface area contributed by atoms with Crippen molar-refractivity contribution in [2.24, 2.45) is 11.8 Å². The van der Waals surface area contributed by atoms with Gasteiger partial charge >= 0.3 is 0 Å². The summed E-state index contributed by atoms with van der Waals surface area (Å²) in [6.07, 6.45) is 8.37. The molecule has 1 aliphatic heterocycles. The molecule has 1 heterocycles. The maximum Gasteiger partial charge on any atom is 0.244 e. The number of aryl methyl sites for hydroxylation is 1. The second-order valence-electron chi connectivity index (χ2n) is 6.77. The zero-order valence-corrected chi connectivity index (χ0v) is 14.5. The minimum Gasteiger partial charge on any atom is -0.325 e. The number of nitrogens with zero attached hydrogens (tertiary/aromatic N) is 1. The molecule has 3 amide bonds. The van der Waals surface area contributed by atoms with Crippen LogP contribution >= 0.6 is 0 Å². The molecule has 0 unspecified atom stereocenters. The Balaban J connectivity index is 1.57. The Bertz CT molecular complexity index is 667. The number of rotatable bonds is 6. The summed E-state index contributed by atoms with van der Waals surface area (Å²) in [6, 6.07) is 7.72. The smallest absolute Gasteiger partial charge is 0.244 e. The molecule has 1 aromatic rings. The Morgan fingerprint density at radius 2 is 1.68 bits per heavy atom. The first-order valence-corrected chi connectivity index (χ1v) is 8.99. The van der Waals surface area contributed by atoms with E-state index in [-0.39, 0.29) is 36.1 Å². The zero-order valence-electron chi connectivity index (χ0n) is 14.5. The Morgan fingerprint density at radius 3 is 2.24 bits per heavy atom. The van der Waals surface area contributed by atoms with Crippen molar-refractivity contribution in [2.75, 3.05) is 11.9 Å². The summed E-state index contributed by atoms with van der Waals surface area (Å²) in [5.74, 6) is -1.35. The van der Waals surface area contributed by atoms with E-state index in [0.29, 0.717) is 18.5 Å². The predicted octanol–water partition coefficient (Wildman–Crippen LogP) is 2.92. The highest BCUT2D eigenvalue weighted by atomic mass is 16.2. The molecule has 0 saturated carbocycles. The van der Waals surface area contributed by atoms with Crippen LogP contribution in [0.25, 0.3) is 0 Å². The Labute approximate surface area is 148 Å². The van der Waals surface area contributed by atoms with Gasteiger partial charge in [0.2, 0.25) is 17.7 Å². The molecule has 5 heteroatoms. The van der Waals surface area contributed by atoms with Gasteiger partial charge < -0.3 is 5.32 Å².